The summed E-state index contributed by atoms with van der Waals surface area (Å²) in [5, 5.41) is 12.8. The number of amides is 1. The third-order valence-electron chi connectivity index (χ3n) is 5.81. The van der Waals surface area contributed by atoms with Gasteiger partial charge in [-0.05, 0) is 23.6 Å². The van der Waals surface area contributed by atoms with Gasteiger partial charge in [0.05, 0.1) is 22.9 Å². The van der Waals surface area contributed by atoms with Gasteiger partial charge < -0.3 is 24.3 Å². The molecule has 1 atom stereocenters. The lowest BCUT2D eigenvalue weighted by Crippen LogP contribution is -2.35. The second-order valence-corrected chi connectivity index (χ2v) is 8.82. The van der Waals surface area contributed by atoms with Crippen molar-refractivity contribution in [2.75, 3.05) is 13.7 Å². The normalized spacial score (nSPS) is 15.3. The molecule has 0 aliphatic carbocycles. The summed E-state index contributed by atoms with van der Waals surface area (Å²) in [6.07, 6.45) is 1.46. The quantitative estimate of drug-likeness (QED) is 0.672. The van der Waals surface area contributed by atoms with Crippen molar-refractivity contribution in [1.82, 2.24) is 14.5 Å². The van der Waals surface area contributed by atoms with Crippen molar-refractivity contribution >= 4 is 22.8 Å². The highest BCUT2D eigenvalue weighted by atomic mass is 16.5. The molecule has 1 aliphatic heterocycles. The zero-order valence-electron chi connectivity index (χ0n) is 17.9. The van der Waals surface area contributed by atoms with Crippen LogP contribution in [0.2, 0.25) is 0 Å². The van der Waals surface area contributed by atoms with E-state index in [4.69, 9.17) is 4.74 Å². The molecule has 8 nitrogen and oxygen atoms in total. The number of ether oxygens (including phenoxy) is 1. The number of fused-ring (bicyclic) bond motifs is 5. The predicted octanol–water partition coefficient (Wildman–Crippen LogP) is 2.89. The van der Waals surface area contributed by atoms with Crippen LogP contribution in [0, 0.1) is 5.41 Å². The molecule has 4 rings (SSSR count). The van der Waals surface area contributed by atoms with Gasteiger partial charge in [0.15, 0.2) is 12.0 Å². The number of carboxylic acids is 1. The molecule has 1 amide bonds. The lowest BCUT2D eigenvalue weighted by atomic mass is 9.85. The summed E-state index contributed by atoms with van der Waals surface area (Å²) in [5.41, 5.74) is 1.44. The van der Waals surface area contributed by atoms with Crippen LogP contribution in [-0.4, -0.2) is 39.8 Å². The molecular weight excluding hydrogens is 398 g/mol. The van der Waals surface area contributed by atoms with Crippen LogP contribution in [0.15, 0.2) is 41.3 Å². The number of carbonyl (C=O) groups is 2. The molecule has 1 aromatic carbocycles. The van der Waals surface area contributed by atoms with Crippen LogP contribution in [0.4, 0.5) is 0 Å². The smallest absolute Gasteiger partial charge is 0.341 e. The van der Waals surface area contributed by atoms with E-state index in [0.717, 1.165) is 16.6 Å². The Morgan fingerprint density at radius 1 is 1.23 bits per heavy atom. The van der Waals surface area contributed by atoms with E-state index in [1.54, 1.807) is 13.1 Å². The molecule has 1 aliphatic rings. The van der Waals surface area contributed by atoms with Gasteiger partial charge in [0, 0.05) is 31.2 Å². The van der Waals surface area contributed by atoms with E-state index in [2.05, 4.69) is 30.7 Å². The number of aromatic nitrogens is 2. The van der Waals surface area contributed by atoms with Crippen molar-refractivity contribution in [1.29, 1.82) is 0 Å². The van der Waals surface area contributed by atoms with Gasteiger partial charge in [0.25, 0.3) is 5.91 Å². The molecule has 0 radical (unpaired) electrons. The van der Waals surface area contributed by atoms with Crippen molar-refractivity contribution in [2.24, 2.45) is 5.41 Å². The topological polar surface area (TPSA) is 103 Å². The van der Waals surface area contributed by atoms with Crippen LogP contribution < -0.4 is 15.5 Å². The number of nitrogens with zero attached hydrogens (tertiary/aromatic N) is 2. The number of hydrogen-bond donors (Lipinski definition) is 2. The Kier molecular flexibility index (Phi) is 4.88. The minimum Gasteiger partial charge on any atom is -0.483 e. The van der Waals surface area contributed by atoms with Gasteiger partial charge in [0.1, 0.15) is 11.3 Å². The van der Waals surface area contributed by atoms with E-state index in [9.17, 15) is 19.5 Å². The van der Waals surface area contributed by atoms with Gasteiger partial charge in [-0.1, -0.05) is 26.8 Å². The number of carboxylic acid groups (broad SMARTS) is 1. The molecule has 0 fully saturated rings. The Balaban J connectivity index is 1.94. The maximum absolute atomic E-state index is 12.5. The molecule has 3 heterocycles. The summed E-state index contributed by atoms with van der Waals surface area (Å²) in [4.78, 5) is 35.7. The SMILES string of the molecule is CNC(=O)COc1cccc2c1cc1n2CC(C(C)(C)C)n2cc(C(=O)O)c(=O)cc2-1. The van der Waals surface area contributed by atoms with Crippen LogP contribution in [0.3, 0.4) is 0 Å². The summed E-state index contributed by atoms with van der Waals surface area (Å²) in [6, 6.07) is 8.91. The number of hydrogen-bond acceptors (Lipinski definition) is 4. The highest BCUT2D eigenvalue weighted by Gasteiger charge is 2.34. The fraction of sp³-hybridized carbons (Fsp3) is 0.348. The molecule has 162 valence electrons. The molecule has 0 bridgehead atoms. The molecular formula is C23H25N3O5. The number of benzene rings is 1. The van der Waals surface area contributed by atoms with Crippen LogP contribution >= 0.6 is 0 Å². The first-order valence-corrected chi connectivity index (χ1v) is 10.1. The first-order chi connectivity index (χ1) is 14.6. The molecule has 31 heavy (non-hydrogen) atoms. The summed E-state index contributed by atoms with van der Waals surface area (Å²) in [6.45, 7) is 6.78. The summed E-state index contributed by atoms with van der Waals surface area (Å²) in [7, 11) is 1.55. The second kappa shape index (κ2) is 7.30. The van der Waals surface area contributed by atoms with E-state index >= 15 is 0 Å². The first kappa shape index (κ1) is 20.7. The number of carbonyl (C=O) groups excluding carboxylic acids is 1. The van der Waals surface area contributed by atoms with Crippen LogP contribution in [0.25, 0.3) is 22.3 Å². The van der Waals surface area contributed by atoms with E-state index in [-0.39, 0.29) is 29.5 Å². The number of likely N-dealkylation sites (N-methyl/N-ethyl adjacent to an activating group) is 1. The Labute approximate surface area is 179 Å². The third-order valence-corrected chi connectivity index (χ3v) is 5.81. The zero-order chi connectivity index (χ0) is 22.5. The van der Waals surface area contributed by atoms with Gasteiger partial charge in [-0.15, -0.1) is 0 Å². The van der Waals surface area contributed by atoms with E-state index < -0.39 is 11.4 Å². The molecule has 1 unspecified atom stereocenters. The van der Waals surface area contributed by atoms with Crippen LogP contribution in [0.5, 0.6) is 5.75 Å². The number of nitrogens with one attached hydrogen (secondary N) is 1. The molecule has 8 heteroatoms. The molecule has 2 aromatic heterocycles. The van der Waals surface area contributed by atoms with Crippen molar-refractivity contribution in [3.8, 4) is 17.1 Å². The summed E-state index contributed by atoms with van der Waals surface area (Å²) < 4.78 is 9.77. The highest BCUT2D eigenvalue weighted by molar-refractivity contribution is 5.93. The number of rotatable bonds is 4. The summed E-state index contributed by atoms with van der Waals surface area (Å²) >= 11 is 0. The lowest BCUT2D eigenvalue weighted by molar-refractivity contribution is -0.122. The van der Waals surface area contributed by atoms with Gasteiger partial charge in [0.2, 0.25) is 0 Å². The molecule has 0 saturated heterocycles. The Morgan fingerprint density at radius 2 is 1.97 bits per heavy atom. The van der Waals surface area contributed by atoms with Crippen LogP contribution in [-0.2, 0) is 11.3 Å². The van der Waals surface area contributed by atoms with Gasteiger partial charge in [-0.2, -0.15) is 0 Å². The number of pyridine rings is 1. The van der Waals surface area contributed by atoms with Gasteiger partial charge in [-0.25, -0.2) is 4.79 Å². The van der Waals surface area contributed by atoms with Crippen LogP contribution in [0.1, 0.15) is 37.2 Å². The maximum atomic E-state index is 12.5. The van der Waals surface area contributed by atoms with Crippen molar-refractivity contribution in [3.63, 3.8) is 0 Å². The second-order valence-electron chi connectivity index (χ2n) is 8.82. The standard InChI is InChI=1S/C23H25N3O5/c1-23(2,3)20-11-25-15-6-5-7-19(31-12-21(28)24-4)13(15)8-16(25)17-9-18(27)14(22(29)30)10-26(17)20/h5-10,20H,11-12H2,1-4H3,(H,24,28)(H,29,30). The molecule has 0 spiro atoms. The maximum Gasteiger partial charge on any atom is 0.341 e. The Bertz CT molecular complexity index is 1260. The average Bonchev–Trinajstić information content (AvgIpc) is 3.09. The van der Waals surface area contributed by atoms with Crippen molar-refractivity contribution < 1.29 is 19.4 Å². The fourth-order valence-corrected chi connectivity index (χ4v) is 4.13. The third kappa shape index (κ3) is 3.48. The average molecular weight is 423 g/mol. The van der Waals surface area contributed by atoms with Gasteiger partial charge in [-0.3, -0.25) is 9.59 Å². The number of aromatic carboxylic acids is 1. The van der Waals surface area contributed by atoms with E-state index in [0.29, 0.717) is 18.0 Å². The van der Waals surface area contributed by atoms with E-state index in [1.807, 2.05) is 22.8 Å². The summed E-state index contributed by atoms with van der Waals surface area (Å²) in [5.74, 6) is -0.887. The zero-order valence-corrected chi connectivity index (χ0v) is 17.9. The van der Waals surface area contributed by atoms with E-state index in [1.165, 1.54) is 12.3 Å². The minimum atomic E-state index is -1.23. The first-order valence-electron chi connectivity index (χ1n) is 10.1. The van der Waals surface area contributed by atoms with Gasteiger partial charge >= 0.3 is 5.97 Å². The Morgan fingerprint density at radius 3 is 2.61 bits per heavy atom. The monoisotopic (exact) mass is 423 g/mol. The van der Waals surface area contributed by atoms with Crippen molar-refractivity contribution in [3.05, 3.63) is 52.3 Å². The fourth-order valence-electron chi connectivity index (χ4n) is 4.13. The highest BCUT2D eigenvalue weighted by Crippen LogP contribution is 2.43. The predicted molar refractivity (Wildman–Crippen MR) is 117 cm³/mol. The molecule has 0 saturated carbocycles. The Hall–Kier alpha value is -3.55. The lowest BCUT2D eigenvalue weighted by Gasteiger charge is -2.39. The molecule has 2 N–H and O–H groups in total. The molecule has 3 aromatic rings. The minimum absolute atomic E-state index is 0.0697. The van der Waals surface area contributed by atoms with Crippen molar-refractivity contribution in [2.45, 2.75) is 33.4 Å². The largest absolute Gasteiger partial charge is 0.483 e.